The number of nitrogens with one attached hydrogen (secondary N) is 2. The minimum Gasteiger partial charge on any atom is -0.483 e. The van der Waals surface area contributed by atoms with Crippen molar-refractivity contribution < 1.29 is 19.1 Å². The van der Waals surface area contributed by atoms with Crippen molar-refractivity contribution in [1.82, 2.24) is 0 Å². The summed E-state index contributed by atoms with van der Waals surface area (Å²) in [5, 5.41) is 5.61. The van der Waals surface area contributed by atoms with Gasteiger partial charge in [-0.25, -0.2) is 0 Å². The Labute approximate surface area is 201 Å². The normalized spacial score (nSPS) is 10.8. The molecule has 3 aromatic carbocycles. The number of anilines is 2. The van der Waals surface area contributed by atoms with Crippen LogP contribution in [-0.4, -0.2) is 25.0 Å². The second-order valence-electron chi connectivity index (χ2n) is 8.64. The van der Waals surface area contributed by atoms with E-state index in [1.807, 2.05) is 48.5 Å². The number of carbonyl (C=O) groups is 2. The Kier molecular flexibility index (Phi) is 8.68. The summed E-state index contributed by atoms with van der Waals surface area (Å²) in [4.78, 5) is 24.6. The highest BCUT2D eigenvalue weighted by molar-refractivity contribution is 5.94. The Morgan fingerprint density at radius 1 is 0.618 bits per heavy atom. The molecule has 0 radical (unpaired) electrons. The third kappa shape index (κ3) is 7.10. The highest BCUT2D eigenvalue weighted by atomic mass is 16.5. The van der Waals surface area contributed by atoms with Crippen LogP contribution in [0, 0.1) is 0 Å². The van der Waals surface area contributed by atoms with Crippen LogP contribution in [0.4, 0.5) is 11.4 Å². The van der Waals surface area contributed by atoms with Gasteiger partial charge in [0.25, 0.3) is 11.8 Å². The highest BCUT2D eigenvalue weighted by Crippen LogP contribution is 2.27. The zero-order valence-corrected chi connectivity index (χ0v) is 20.1. The van der Waals surface area contributed by atoms with Crippen molar-refractivity contribution in [2.45, 2.75) is 39.5 Å². The first kappa shape index (κ1) is 24.8. The van der Waals surface area contributed by atoms with Gasteiger partial charge in [0.05, 0.1) is 0 Å². The van der Waals surface area contributed by atoms with E-state index in [0.717, 1.165) is 11.1 Å². The Morgan fingerprint density at radius 3 is 1.32 bits per heavy atom. The molecule has 0 spiro atoms. The maximum absolute atomic E-state index is 12.3. The van der Waals surface area contributed by atoms with Crippen molar-refractivity contribution in [2.24, 2.45) is 0 Å². The fraction of sp³-hybridized carbons (Fsp3) is 0.286. The van der Waals surface area contributed by atoms with Crippen molar-refractivity contribution in [3.05, 3.63) is 83.9 Å². The molecule has 0 aliphatic heterocycles. The molecule has 0 bridgehead atoms. The standard InChI is InChI=1S/C28H32N2O4/c1-19(2)23-9-5-7-11-25(23)33-17-27(31)29-21-13-15-22(16-14-21)30-28(32)18-34-26-12-8-6-10-24(26)20(3)4/h5-16,19-20H,17-18H2,1-4H3,(H,29,31)(H,30,32). The average molecular weight is 461 g/mol. The molecule has 3 aromatic rings. The van der Waals surface area contributed by atoms with Gasteiger partial charge in [0.1, 0.15) is 11.5 Å². The van der Waals surface area contributed by atoms with Crippen LogP contribution in [0.5, 0.6) is 11.5 Å². The van der Waals surface area contributed by atoms with Gasteiger partial charge in [-0.2, -0.15) is 0 Å². The minimum atomic E-state index is -0.257. The number of hydrogen-bond acceptors (Lipinski definition) is 4. The van der Waals surface area contributed by atoms with E-state index in [4.69, 9.17) is 9.47 Å². The molecule has 0 atom stereocenters. The predicted octanol–water partition coefficient (Wildman–Crippen LogP) is 5.97. The van der Waals surface area contributed by atoms with Crippen LogP contribution >= 0.6 is 0 Å². The minimum absolute atomic E-state index is 0.0859. The number of rotatable bonds is 10. The van der Waals surface area contributed by atoms with Crippen LogP contribution in [0.1, 0.15) is 50.7 Å². The molecule has 178 valence electrons. The van der Waals surface area contributed by atoms with Gasteiger partial charge in [-0.05, 0) is 59.4 Å². The SMILES string of the molecule is CC(C)c1ccccc1OCC(=O)Nc1ccc(NC(=O)COc2ccccc2C(C)C)cc1. The van der Waals surface area contributed by atoms with Gasteiger partial charge in [-0.15, -0.1) is 0 Å². The summed E-state index contributed by atoms with van der Waals surface area (Å²) in [6.45, 7) is 8.16. The lowest BCUT2D eigenvalue weighted by Crippen LogP contribution is -2.21. The van der Waals surface area contributed by atoms with Gasteiger partial charge in [0, 0.05) is 11.4 Å². The van der Waals surface area contributed by atoms with Gasteiger partial charge >= 0.3 is 0 Å². The van der Waals surface area contributed by atoms with Crippen LogP contribution in [-0.2, 0) is 9.59 Å². The molecule has 6 heteroatoms. The summed E-state index contributed by atoms with van der Waals surface area (Å²) in [5.74, 6) is 1.52. The number of ether oxygens (including phenoxy) is 2. The summed E-state index contributed by atoms with van der Waals surface area (Å²) < 4.78 is 11.4. The van der Waals surface area contributed by atoms with Crippen molar-refractivity contribution in [2.75, 3.05) is 23.8 Å². The first-order valence-electron chi connectivity index (χ1n) is 11.5. The zero-order valence-electron chi connectivity index (χ0n) is 20.1. The quantitative estimate of drug-likeness (QED) is 0.391. The smallest absolute Gasteiger partial charge is 0.262 e. The van der Waals surface area contributed by atoms with Crippen molar-refractivity contribution in [3.8, 4) is 11.5 Å². The topological polar surface area (TPSA) is 76.7 Å². The summed E-state index contributed by atoms with van der Waals surface area (Å²) >= 11 is 0. The lowest BCUT2D eigenvalue weighted by Gasteiger charge is -2.14. The van der Waals surface area contributed by atoms with E-state index in [-0.39, 0.29) is 25.0 Å². The number of para-hydroxylation sites is 2. The maximum Gasteiger partial charge on any atom is 0.262 e. The Morgan fingerprint density at radius 2 is 0.971 bits per heavy atom. The van der Waals surface area contributed by atoms with Crippen LogP contribution in [0.15, 0.2) is 72.8 Å². The van der Waals surface area contributed by atoms with E-state index in [1.165, 1.54) is 0 Å². The number of amides is 2. The lowest BCUT2D eigenvalue weighted by molar-refractivity contribution is -0.118. The molecule has 0 aromatic heterocycles. The van der Waals surface area contributed by atoms with Crippen LogP contribution in [0.2, 0.25) is 0 Å². The van der Waals surface area contributed by atoms with E-state index in [1.54, 1.807) is 24.3 Å². The Balaban J connectivity index is 1.47. The number of hydrogen-bond donors (Lipinski definition) is 2. The van der Waals surface area contributed by atoms with E-state index in [9.17, 15) is 9.59 Å². The highest BCUT2D eigenvalue weighted by Gasteiger charge is 2.11. The van der Waals surface area contributed by atoms with Crippen molar-refractivity contribution >= 4 is 23.2 Å². The zero-order chi connectivity index (χ0) is 24.5. The molecule has 2 N–H and O–H groups in total. The Bertz CT molecular complexity index is 1020. The molecule has 3 rings (SSSR count). The van der Waals surface area contributed by atoms with E-state index in [2.05, 4.69) is 38.3 Å². The van der Waals surface area contributed by atoms with E-state index < -0.39 is 0 Å². The van der Waals surface area contributed by atoms with Gasteiger partial charge in [0.2, 0.25) is 0 Å². The fourth-order valence-electron chi connectivity index (χ4n) is 3.50. The molecule has 0 heterocycles. The molecule has 34 heavy (non-hydrogen) atoms. The summed E-state index contributed by atoms with van der Waals surface area (Å²) in [5.41, 5.74) is 3.36. The summed E-state index contributed by atoms with van der Waals surface area (Å²) in [6, 6.07) is 22.3. The number of benzene rings is 3. The molecule has 0 unspecified atom stereocenters. The van der Waals surface area contributed by atoms with Gasteiger partial charge in [-0.3, -0.25) is 9.59 Å². The molecule has 0 saturated carbocycles. The summed E-state index contributed by atoms with van der Waals surface area (Å²) in [6.07, 6.45) is 0. The predicted molar refractivity (Wildman–Crippen MR) is 136 cm³/mol. The van der Waals surface area contributed by atoms with Gasteiger partial charge in [0.15, 0.2) is 13.2 Å². The van der Waals surface area contributed by atoms with E-state index in [0.29, 0.717) is 34.7 Å². The molecule has 6 nitrogen and oxygen atoms in total. The first-order chi connectivity index (χ1) is 16.3. The van der Waals surface area contributed by atoms with E-state index >= 15 is 0 Å². The monoisotopic (exact) mass is 460 g/mol. The largest absolute Gasteiger partial charge is 0.483 e. The van der Waals surface area contributed by atoms with Crippen LogP contribution in [0.3, 0.4) is 0 Å². The second-order valence-corrected chi connectivity index (χ2v) is 8.64. The molecule has 0 fully saturated rings. The molecular formula is C28H32N2O4. The molecule has 0 aliphatic rings. The first-order valence-corrected chi connectivity index (χ1v) is 11.5. The molecule has 0 aliphatic carbocycles. The molecule has 2 amide bonds. The third-order valence-electron chi connectivity index (χ3n) is 5.25. The third-order valence-corrected chi connectivity index (χ3v) is 5.25. The van der Waals surface area contributed by atoms with Gasteiger partial charge in [-0.1, -0.05) is 64.1 Å². The van der Waals surface area contributed by atoms with Crippen molar-refractivity contribution in [1.29, 1.82) is 0 Å². The number of carbonyl (C=O) groups excluding carboxylic acids is 2. The van der Waals surface area contributed by atoms with Crippen molar-refractivity contribution in [3.63, 3.8) is 0 Å². The van der Waals surface area contributed by atoms with Crippen LogP contribution < -0.4 is 20.1 Å². The maximum atomic E-state index is 12.3. The van der Waals surface area contributed by atoms with Gasteiger partial charge < -0.3 is 20.1 Å². The Hall–Kier alpha value is -3.80. The average Bonchev–Trinajstić information content (AvgIpc) is 2.83. The molecular weight excluding hydrogens is 428 g/mol. The second kappa shape index (κ2) is 11.9. The summed E-state index contributed by atoms with van der Waals surface area (Å²) in [7, 11) is 0. The fourth-order valence-corrected chi connectivity index (χ4v) is 3.50. The van der Waals surface area contributed by atoms with Crippen LogP contribution in [0.25, 0.3) is 0 Å². The molecule has 0 saturated heterocycles. The lowest BCUT2D eigenvalue weighted by atomic mass is 10.0.